The molecule has 0 amide bonds. The van der Waals surface area contributed by atoms with E-state index in [4.69, 9.17) is 0 Å². The number of carbonyl (C=O) groups is 2. The summed E-state index contributed by atoms with van der Waals surface area (Å²) in [6.07, 6.45) is 2.50. The van der Waals surface area contributed by atoms with Crippen LogP contribution in [0.3, 0.4) is 0 Å². The van der Waals surface area contributed by atoms with Crippen molar-refractivity contribution >= 4 is 11.6 Å². The molecule has 0 bridgehead atoms. The maximum absolute atomic E-state index is 10.1. The molecule has 0 aliphatic carbocycles. The van der Waals surface area contributed by atoms with Crippen LogP contribution in [0, 0.1) is 0 Å². The number of hydrogen-bond acceptors (Lipinski definition) is 3. The number of rotatable bonds is 2. The first kappa shape index (κ1) is 11.8. The Kier molecular flexibility index (Phi) is 9.48. The van der Waals surface area contributed by atoms with E-state index in [2.05, 4.69) is 5.73 Å². The summed E-state index contributed by atoms with van der Waals surface area (Å²) in [5, 5.41) is 0. The third-order valence-corrected chi connectivity index (χ3v) is 0.553. The van der Waals surface area contributed by atoms with Gasteiger partial charge in [0.05, 0.1) is 0 Å². The molecule has 0 aromatic carbocycles. The van der Waals surface area contributed by atoms with E-state index in [1.54, 1.807) is 0 Å². The highest BCUT2D eigenvalue weighted by Crippen LogP contribution is 1.75. The first-order valence-corrected chi connectivity index (χ1v) is 2.90. The molecule has 0 rings (SSSR count). The average molecular weight is 143 g/mol. The summed E-state index contributed by atoms with van der Waals surface area (Å²) in [6, 6.07) is 0. The molecule has 0 aliphatic heterocycles. The number of carbonyl (C=O) groups excluding carboxylic acids is 2. The van der Waals surface area contributed by atoms with Gasteiger partial charge in [0.2, 0.25) is 0 Å². The number of hydrogen-bond donors (Lipinski definition) is 1. The lowest BCUT2D eigenvalue weighted by Crippen LogP contribution is -1.85. The lowest BCUT2D eigenvalue weighted by molar-refractivity contribution is -0.114. The number of nitrogens with two attached hydrogens (primary N) is 1. The Morgan fingerprint density at radius 2 is 1.20 bits per heavy atom. The van der Waals surface area contributed by atoms with E-state index in [0.717, 1.165) is 0 Å². The first-order chi connectivity index (χ1) is 4.63. The summed E-state index contributed by atoms with van der Waals surface area (Å²) in [4.78, 5) is 20.2. The molecule has 0 atom stereocenters. The number of allylic oxidation sites excluding steroid dienone is 2. The van der Waals surface area contributed by atoms with Crippen molar-refractivity contribution in [3.8, 4) is 0 Å². The zero-order valence-electron chi connectivity index (χ0n) is 6.55. The van der Waals surface area contributed by atoms with Gasteiger partial charge in [0.25, 0.3) is 0 Å². The molecule has 2 N–H and O–H groups in total. The molecule has 0 saturated heterocycles. The molecule has 3 heteroatoms. The first-order valence-electron chi connectivity index (χ1n) is 2.90. The molecule has 0 fully saturated rings. The lowest BCUT2D eigenvalue weighted by Gasteiger charge is -1.74. The Balaban J connectivity index is 0. The van der Waals surface area contributed by atoms with Gasteiger partial charge in [0.15, 0.2) is 11.6 Å². The zero-order chi connectivity index (χ0) is 8.57. The van der Waals surface area contributed by atoms with Gasteiger partial charge in [-0.3, -0.25) is 9.59 Å². The van der Waals surface area contributed by atoms with Crippen LogP contribution in [0.1, 0.15) is 13.8 Å². The minimum atomic E-state index is -0.0970. The predicted octanol–water partition coefficient (Wildman–Crippen LogP) is 0.295. The lowest BCUT2D eigenvalue weighted by atomic mass is 10.3. The van der Waals surface area contributed by atoms with Crippen LogP contribution in [0.2, 0.25) is 0 Å². The van der Waals surface area contributed by atoms with E-state index in [1.807, 2.05) is 0 Å². The van der Waals surface area contributed by atoms with Crippen molar-refractivity contribution in [1.82, 2.24) is 0 Å². The van der Waals surface area contributed by atoms with Crippen LogP contribution in [0.4, 0.5) is 0 Å². The summed E-state index contributed by atoms with van der Waals surface area (Å²) >= 11 is 0. The van der Waals surface area contributed by atoms with E-state index in [-0.39, 0.29) is 11.6 Å². The summed E-state index contributed by atoms with van der Waals surface area (Å²) in [5.41, 5.74) is 4.50. The van der Waals surface area contributed by atoms with E-state index >= 15 is 0 Å². The van der Waals surface area contributed by atoms with E-state index < -0.39 is 0 Å². The normalized spacial score (nSPS) is 8.40. The van der Waals surface area contributed by atoms with Gasteiger partial charge in [-0.15, -0.1) is 0 Å². The minimum absolute atomic E-state index is 0.0970. The van der Waals surface area contributed by atoms with Crippen LogP contribution in [0.15, 0.2) is 12.2 Å². The van der Waals surface area contributed by atoms with Gasteiger partial charge in [-0.2, -0.15) is 0 Å². The fourth-order valence-corrected chi connectivity index (χ4v) is 0.235. The van der Waals surface area contributed by atoms with Crippen LogP contribution in [-0.4, -0.2) is 18.6 Å². The number of ketones is 2. The highest BCUT2D eigenvalue weighted by molar-refractivity contribution is 5.96. The van der Waals surface area contributed by atoms with Gasteiger partial charge in [-0.05, 0) is 33.0 Å². The standard InChI is InChI=1S/C6H8O2.CH5N/c1-5(7)3-4-6(2)8;1-2/h3-4H,1-2H3;2H2,1H3/b4-3-;. The molecule has 0 unspecified atom stereocenters. The molecule has 0 spiro atoms. The van der Waals surface area contributed by atoms with E-state index in [1.165, 1.54) is 33.0 Å². The predicted molar refractivity (Wildman–Crippen MR) is 40.6 cm³/mol. The van der Waals surface area contributed by atoms with Gasteiger partial charge in [0, 0.05) is 0 Å². The van der Waals surface area contributed by atoms with Gasteiger partial charge in [0.1, 0.15) is 0 Å². The maximum Gasteiger partial charge on any atom is 0.152 e. The van der Waals surface area contributed by atoms with Crippen LogP contribution in [-0.2, 0) is 9.59 Å². The largest absolute Gasteiger partial charge is 0.333 e. The van der Waals surface area contributed by atoms with Crippen molar-refractivity contribution in [2.75, 3.05) is 7.05 Å². The smallest absolute Gasteiger partial charge is 0.152 e. The van der Waals surface area contributed by atoms with Crippen molar-refractivity contribution in [3.05, 3.63) is 12.2 Å². The van der Waals surface area contributed by atoms with Crippen molar-refractivity contribution < 1.29 is 9.59 Å². The van der Waals surface area contributed by atoms with Crippen LogP contribution in [0.25, 0.3) is 0 Å². The summed E-state index contributed by atoms with van der Waals surface area (Å²) in [6.45, 7) is 2.80. The molecule has 0 aromatic rings. The van der Waals surface area contributed by atoms with E-state index in [0.29, 0.717) is 0 Å². The van der Waals surface area contributed by atoms with Crippen molar-refractivity contribution in [3.63, 3.8) is 0 Å². The summed E-state index contributed by atoms with van der Waals surface area (Å²) in [7, 11) is 1.50. The fourth-order valence-electron chi connectivity index (χ4n) is 0.235. The Bertz CT molecular complexity index is 123. The highest BCUT2D eigenvalue weighted by Gasteiger charge is 1.83. The van der Waals surface area contributed by atoms with Crippen LogP contribution < -0.4 is 5.73 Å². The minimum Gasteiger partial charge on any atom is -0.333 e. The maximum atomic E-state index is 10.1. The Morgan fingerprint density at radius 3 is 1.30 bits per heavy atom. The molecule has 0 saturated carbocycles. The second kappa shape index (κ2) is 8.04. The van der Waals surface area contributed by atoms with Crippen molar-refractivity contribution in [1.29, 1.82) is 0 Å². The fraction of sp³-hybridized carbons (Fsp3) is 0.429. The molecule has 58 valence electrons. The topological polar surface area (TPSA) is 60.2 Å². The molecule has 0 radical (unpaired) electrons. The van der Waals surface area contributed by atoms with Gasteiger partial charge < -0.3 is 5.73 Å². The van der Waals surface area contributed by atoms with Crippen molar-refractivity contribution in [2.45, 2.75) is 13.8 Å². The van der Waals surface area contributed by atoms with Crippen LogP contribution in [0.5, 0.6) is 0 Å². The molecule has 10 heavy (non-hydrogen) atoms. The average Bonchev–Trinajstić information content (AvgIpc) is 1.89. The molecule has 0 aromatic heterocycles. The van der Waals surface area contributed by atoms with E-state index in [9.17, 15) is 9.59 Å². The van der Waals surface area contributed by atoms with Crippen LogP contribution >= 0.6 is 0 Å². The quantitative estimate of drug-likeness (QED) is 0.565. The Morgan fingerprint density at radius 1 is 1.00 bits per heavy atom. The van der Waals surface area contributed by atoms with Crippen molar-refractivity contribution in [2.24, 2.45) is 5.73 Å². The second-order valence-electron chi connectivity index (χ2n) is 1.55. The third kappa shape index (κ3) is 15.7. The van der Waals surface area contributed by atoms with Gasteiger partial charge in [-0.1, -0.05) is 0 Å². The van der Waals surface area contributed by atoms with Gasteiger partial charge >= 0.3 is 0 Å². The highest BCUT2D eigenvalue weighted by atomic mass is 16.1. The van der Waals surface area contributed by atoms with Gasteiger partial charge in [-0.25, -0.2) is 0 Å². The SMILES string of the molecule is CC(=O)/C=C\C(C)=O.CN. The molecule has 0 heterocycles. The Hall–Kier alpha value is -0.960. The summed E-state index contributed by atoms with van der Waals surface area (Å²) in [5.74, 6) is -0.194. The second-order valence-corrected chi connectivity index (χ2v) is 1.55. The summed E-state index contributed by atoms with van der Waals surface area (Å²) < 4.78 is 0. The molecular weight excluding hydrogens is 130 g/mol. The molecular formula is C7H13NO2. The Labute approximate surface area is 60.9 Å². The monoisotopic (exact) mass is 143 g/mol. The zero-order valence-corrected chi connectivity index (χ0v) is 6.55. The molecule has 3 nitrogen and oxygen atoms in total. The third-order valence-electron chi connectivity index (χ3n) is 0.553. The molecule has 0 aliphatic rings.